The predicted molar refractivity (Wildman–Crippen MR) is 78.2 cm³/mol. The maximum atomic E-state index is 11.9. The Balaban J connectivity index is 2.49. The quantitative estimate of drug-likeness (QED) is 0.665. The molecular weight excluding hydrogens is 256 g/mol. The van der Waals surface area contributed by atoms with E-state index in [1.165, 1.54) is 0 Å². The van der Waals surface area contributed by atoms with Crippen LogP contribution >= 0.6 is 0 Å². The maximum Gasteiger partial charge on any atom is 0.303 e. The fourth-order valence-electron chi connectivity index (χ4n) is 2.85. The van der Waals surface area contributed by atoms with Crippen LogP contribution in [0.1, 0.15) is 58.8 Å². The lowest BCUT2D eigenvalue weighted by atomic mass is 9.71. The number of rotatable bonds is 7. The number of carbonyl (C=O) groups is 2. The summed E-state index contributed by atoms with van der Waals surface area (Å²) in [5.74, 6) is -0.579. The van der Waals surface area contributed by atoms with Crippen LogP contribution in [0, 0.1) is 11.3 Å². The van der Waals surface area contributed by atoms with Crippen LogP contribution in [0.25, 0.3) is 0 Å². The zero-order valence-electron chi connectivity index (χ0n) is 12.7. The summed E-state index contributed by atoms with van der Waals surface area (Å²) < 4.78 is 0. The second kappa shape index (κ2) is 7.62. The number of carbonyl (C=O) groups excluding carboxylic acids is 1. The molecule has 0 spiro atoms. The van der Waals surface area contributed by atoms with E-state index in [-0.39, 0.29) is 29.7 Å². The Morgan fingerprint density at radius 1 is 1.25 bits per heavy atom. The van der Waals surface area contributed by atoms with E-state index in [1.54, 1.807) is 0 Å². The molecule has 1 aliphatic rings. The predicted octanol–water partition coefficient (Wildman–Crippen LogP) is 1.90. The highest BCUT2D eigenvalue weighted by Crippen LogP contribution is 2.38. The smallest absolute Gasteiger partial charge is 0.303 e. The van der Waals surface area contributed by atoms with Crippen LogP contribution in [0.3, 0.4) is 0 Å². The number of hydrogen-bond acceptors (Lipinski definition) is 3. The van der Waals surface area contributed by atoms with E-state index >= 15 is 0 Å². The van der Waals surface area contributed by atoms with Crippen molar-refractivity contribution in [3.8, 4) is 0 Å². The number of carboxylic acid groups (broad SMARTS) is 1. The van der Waals surface area contributed by atoms with E-state index in [2.05, 4.69) is 5.32 Å². The van der Waals surface area contributed by atoms with Gasteiger partial charge < -0.3 is 16.2 Å². The summed E-state index contributed by atoms with van der Waals surface area (Å²) in [5, 5.41) is 12.0. The summed E-state index contributed by atoms with van der Waals surface area (Å²) in [5.41, 5.74) is 5.62. The van der Waals surface area contributed by atoms with Gasteiger partial charge >= 0.3 is 5.97 Å². The molecule has 1 atom stereocenters. The lowest BCUT2D eigenvalue weighted by molar-refractivity contribution is -0.140. The van der Waals surface area contributed by atoms with Gasteiger partial charge in [-0.1, -0.05) is 33.1 Å². The molecule has 4 N–H and O–H groups in total. The van der Waals surface area contributed by atoms with E-state index in [1.807, 2.05) is 13.8 Å². The first-order valence-corrected chi connectivity index (χ1v) is 7.59. The van der Waals surface area contributed by atoms with Gasteiger partial charge in [0.2, 0.25) is 5.91 Å². The number of nitrogens with one attached hydrogen (secondary N) is 1. The van der Waals surface area contributed by atoms with Crippen LogP contribution in [-0.2, 0) is 9.59 Å². The molecule has 0 aromatic rings. The minimum absolute atomic E-state index is 0.0680. The Kier molecular flexibility index (Phi) is 6.46. The molecular formula is C15H28N2O3. The molecule has 0 heterocycles. The first-order valence-electron chi connectivity index (χ1n) is 7.59. The molecule has 0 aromatic carbocycles. The Hall–Kier alpha value is -1.10. The molecule has 1 saturated carbocycles. The SMILES string of the molecule is CC(C)C(N)CC(=O)NCC1(CC(=O)O)CCCCC1. The molecule has 1 amide bonds. The normalized spacial score (nSPS) is 19.6. The van der Waals surface area contributed by atoms with Crippen molar-refractivity contribution in [2.75, 3.05) is 6.54 Å². The second-order valence-electron chi connectivity index (χ2n) is 6.52. The van der Waals surface area contributed by atoms with Gasteiger partial charge in [-0.2, -0.15) is 0 Å². The van der Waals surface area contributed by atoms with Gasteiger partial charge in [0.25, 0.3) is 0 Å². The van der Waals surface area contributed by atoms with Gasteiger partial charge in [-0.3, -0.25) is 9.59 Å². The third-order valence-electron chi connectivity index (χ3n) is 4.38. The molecule has 5 nitrogen and oxygen atoms in total. The molecule has 5 heteroatoms. The average molecular weight is 284 g/mol. The molecule has 1 aliphatic carbocycles. The summed E-state index contributed by atoms with van der Waals surface area (Å²) in [6, 6.07) is -0.142. The molecule has 0 bridgehead atoms. The van der Waals surface area contributed by atoms with Crippen molar-refractivity contribution in [2.45, 2.75) is 64.8 Å². The molecule has 1 fully saturated rings. The minimum atomic E-state index is -0.778. The molecule has 0 radical (unpaired) electrons. The molecule has 0 aliphatic heterocycles. The maximum absolute atomic E-state index is 11.9. The first kappa shape index (κ1) is 17.0. The standard InChI is InChI=1S/C15H28N2O3/c1-11(2)12(16)8-13(18)17-10-15(9-14(19)20)6-4-3-5-7-15/h11-12H,3-10,16H2,1-2H3,(H,17,18)(H,19,20). The van der Waals surface area contributed by atoms with Crippen molar-refractivity contribution in [2.24, 2.45) is 17.1 Å². The number of amides is 1. The average Bonchev–Trinajstić information content (AvgIpc) is 2.36. The summed E-state index contributed by atoms with van der Waals surface area (Å²) in [6.45, 7) is 4.44. The largest absolute Gasteiger partial charge is 0.481 e. The van der Waals surface area contributed by atoms with Gasteiger partial charge in [0.1, 0.15) is 0 Å². The number of nitrogens with two attached hydrogens (primary N) is 1. The summed E-state index contributed by atoms with van der Waals surface area (Å²) in [4.78, 5) is 22.9. The van der Waals surface area contributed by atoms with Gasteiger partial charge in [-0.05, 0) is 24.2 Å². The van der Waals surface area contributed by atoms with Crippen molar-refractivity contribution in [3.05, 3.63) is 0 Å². The zero-order valence-corrected chi connectivity index (χ0v) is 12.7. The van der Waals surface area contributed by atoms with Gasteiger partial charge in [0.15, 0.2) is 0 Å². The minimum Gasteiger partial charge on any atom is -0.481 e. The summed E-state index contributed by atoms with van der Waals surface area (Å²) in [7, 11) is 0. The van der Waals surface area contributed by atoms with Gasteiger partial charge in [0.05, 0.1) is 6.42 Å². The topological polar surface area (TPSA) is 92.4 Å². The third kappa shape index (κ3) is 5.49. The monoisotopic (exact) mass is 284 g/mol. The molecule has 0 aromatic heterocycles. The van der Waals surface area contributed by atoms with Crippen molar-refractivity contribution in [1.82, 2.24) is 5.32 Å². The van der Waals surface area contributed by atoms with Crippen LogP contribution in [-0.4, -0.2) is 29.6 Å². The van der Waals surface area contributed by atoms with Gasteiger partial charge in [-0.25, -0.2) is 0 Å². The molecule has 0 saturated heterocycles. The third-order valence-corrected chi connectivity index (χ3v) is 4.38. The van der Waals surface area contributed by atoms with E-state index in [9.17, 15) is 9.59 Å². The summed E-state index contributed by atoms with van der Waals surface area (Å²) in [6.07, 6.45) is 5.48. The van der Waals surface area contributed by atoms with E-state index in [0.717, 1.165) is 32.1 Å². The van der Waals surface area contributed by atoms with Gasteiger partial charge in [-0.15, -0.1) is 0 Å². The number of hydrogen-bond donors (Lipinski definition) is 3. The van der Waals surface area contributed by atoms with Crippen LogP contribution in [0.2, 0.25) is 0 Å². The number of carboxylic acids is 1. The Bertz CT molecular complexity index is 336. The van der Waals surface area contributed by atoms with Crippen molar-refractivity contribution in [1.29, 1.82) is 0 Å². The van der Waals surface area contributed by atoms with Crippen LogP contribution in [0.15, 0.2) is 0 Å². The Labute approximate surface area is 121 Å². The van der Waals surface area contributed by atoms with E-state index in [4.69, 9.17) is 10.8 Å². The highest BCUT2D eigenvalue weighted by molar-refractivity contribution is 5.76. The van der Waals surface area contributed by atoms with Crippen LogP contribution in [0.4, 0.5) is 0 Å². The fourth-order valence-corrected chi connectivity index (χ4v) is 2.85. The molecule has 116 valence electrons. The van der Waals surface area contributed by atoms with Gasteiger partial charge in [0, 0.05) is 19.0 Å². The van der Waals surface area contributed by atoms with E-state index < -0.39 is 5.97 Å². The number of aliphatic carboxylic acids is 1. The van der Waals surface area contributed by atoms with Crippen LogP contribution in [0.5, 0.6) is 0 Å². The Morgan fingerprint density at radius 3 is 2.35 bits per heavy atom. The molecule has 20 heavy (non-hydrogen) atoms. The lowest BCUT2D eigenvalue weighted by Gasteiger charge is -2.36. The second-order valence-corrected chi connectivity index (χ2v) is 6.52. The van der Waals surface area contributed by atoms with Crippen LogP contribution < -0.4 is 11.1 Å². The lowest BCUT2D eigenvalue weighted by Crippen LogP contribution is -2.42. The zero-order chi connectivity index (χ0) is 15.2. The highest BCUT2D eigenvalue weighted by Gasteiger charge is 2.34. The van der Waals surface area contributed by atoms with E-state index in [0.29, 0.717) is 13.0 Å². The fraction of sp³-hybridized carbons (Fsp3) is 0.867. The van der Waals surface area contributed by atoms with Crippen molar-refractivity contribution < 1.29 is 14.7 Å². The summed E-state index contributed by atoms with van der Waals surface area (Å²) >= 11 is 0. The van der Waals surface area contributed by atoms with Crippen molar-refractivity contribution in [3.63, 3.8) is 0 Å². The molecule has 1 unspecified atom stereocenters. The highest BCUT2D eigenvalue weighted by atomic mass is 16.4. The molecule has 1 rings (SSSR count). The Morgan fingerprint density at radius 2 is 1.85 bits per heavy atom. The van der Waals surface area contributed by atoms with Crippen molar-refractivity contribution >= 4 is 11.9 Å². The first-order chi connectivity index (χ1) is 9.34.